The van der Waals surface area contributed by atoms with E-state index in [1.165, 1.54) is 6.07 Å². The topological polar surface area (TPSA) is 40.5 Å². The second-order valence-electron chi connectivity index (χ2n) is 2.52. The van der Waals surface area contributed by atoms with Crippen LogP contribution >= 0.6 is 15.9 Å². The van der Waals surface area contributed by atoms with Gasteiger partial charge in [0.2, 0.25) is 0 Å². The molecular weight excluding hydrogens is 246 g/mol. The second kappa shape index (κ2) is 3.59. The fraction of sp³-hybridized carbons (Fsp3) is 0.250. The van der Waals surface area contributed by atoms with Gasteiger partial charge in [-0.1, -0.05) is 15.9 Å². The molecule has 0 amide bonds. The maximum Gasteiger partial charge on any atom is 0.299 e. The van der Waals surface area contributed by atoms with E-state index in [9.17, 15) is 8.78 Å². The molecule has 0 bridgehead atoms. The smallest absolute Gasteiger partial charge is 0.299 e. The summed E-state index contributed by atoms with van der Waals surface area (Å²) in [5.74, 6) is -3.93. The van der Waals surface area contributed by atoms with Crippen LogP contribution in [0.3, 0.4) is 0 Å². The predicted molar refractivity (Wildman–Crippen MR) is 46.8 cm³/mol. The maximum atomic E-state index is 12.9. The SMILES string of the molecule is OCC(F)(F)c1cc(Br)ccc1O. The molecule has 0 spiro atoms. The van der Waals surface area contributed by atoms with Crippen LogP contribution in [0.4, 0.5) is 8.78 Å². The van der Waals surface area contributed by atoms with E-state index < -0.39 is 23.8 Å². The average molecular weight is 253 g/mol. The molecule has 0 unspecified atom stereocenters. The van der Waals surface area contributed by atoms with Crippen LogP contribution in [-0.2, 0) is 5.92 Å². The van der Waals surface area contributed by atoms with Crippen molar-refractivity contribution in [3.63, 3.8) is 0 Å². The molecule has 13 heavy (non-hydrogen) atoms. The lowest BCUT2D eigenvalue weighted by molar-refractivity contribution is -0.0571. The standard InChI is InChI=1S/C8H7BrF2O2/c9-5-1-2-7(13)6(3-5)8(10,11)4-12/h1-3,12-13H,4H2. The van der Waals surface area contributed by atoms with Crippen molar-refractivity contribution < 1.29 is 19.0 Å². The fourth-order valence-corrected chi connectivity index (χ4v) is 1.25. The van der Waals surface area contributed by atoms with Gasteiger partial charge in [-0.15, -0.1) is 0 Å². The van der Waals surface area contributed by atoms with E-state index in [4.69, 9.17) is 10.2 Å². The van der Waals surface area contributed by atoms with Crippen LogP contribution in [-0.4, -0.2) is 16.8 Å². The van der Waals surface area contributed by atoms with E-state index >= 15 is 0 Å². The van der Waals surface area contributed by atoms with Crippen LogP contribution in [0.1, 0.15) is 5.56 Å². The Bertz CT molecular complexity index is 315. The van der Waals surface area contributed by atoms with Gasteiger partial charge in [0, 0.05) is 4.47 Å². The number of aliphatic hydroxyl groups is 1. The van der Waals surface area contributed by atoms with Crippen molar-refractivity contribution in [3.8, 4) is 5.75 Å². The van der Waals surface area contributed by atoms with Gasteiger partial charge in [0.05, 0.1) is 5.56 Å². The maximum absolute atomic E-state index is 12.9. The summed E-state index contributed by atoms with van der Waals surface area (Å²) in [6.07, 6.45) is 0. The third kappa shape index (κ3) is 2.16. The zero-order chi connectivity index (χ0) is 10.1. The van der Waals surface area contributed by atoms with Crippen LogP contribution < -0.4 is 0 Å². The minimum Gasteiger partial charge on any atom is -0.507 e. The first kappa shape index (κ1) is 10.4. The lowest BCUT2D eigenvalue weighted by atomic mass is 10.1. The summed E-state index contributed by atoms with van der Waals surface area (Å²) in [6.45, 7) is -1.32. The molecular formula is C8H7BrF2O2. The Morgan fingerprint density at radius 3 is 2.54 bits per heavy atom. The number of alkyl halides is 2. The van der Waals surface area contributed by atoms with Crippen molar-refractivity contribution in [2.24, 2.45) is 0 Å². The summed E-state index contributed by atoms with van der Waals surface area (Å²) in [4.78, 5) is 0. The molecule has 0 aliphatic carbocycles. The summed E-state index contributed by atoms with van der Waals surface area (Å²) >= 11 is 2.99. The van der Waals surface area contributed by atoms with Crippen molar-refractivity contribution in [2.75, 3.05) is 6.61 Å². The Balaban J connectivity index is 3.20. The van der Waals surface area contributed by atoms with E-state index in [0.29, 0.717) is 4.47 Å². The first-order valence-corrected chi connectivity index (χ1v) is 4.24. The largest absolute Gasteiger partial charge is 0.507 e. The van der Waals surface area contributed by atoms with Gasteiger partial charge < -0.3 is 10.2 Å². The van der Waals surface area contributed by atoms with Gasteiger partial charge >= 0.3 is 0 Å². The van der Waals surface area contributed by atoms with Gasteiger partial charge in [-0.05, 0) is 18.2 Å². The normalized spacial score (nSPS) is 11.7. The molecule has 2 N–H and O–H groups in total. The van der Waals surface area contributed by atoms with Crippen LogP contribution in [0.2, 0.25) is 0 Å². The highest BCUT2D eigenvalue weighted by molar-refractivity contribution is 9.10. The highest BCUT2D eigenvalue weighted by Gasteiger charge is 2.33. The van der Waals surface area contributed by atoms with Crippen molar-refractivity contribution >= 4 is 15.9 Å². The van der Waals surface area contributed by atoms with Gasteiger partial charge in [-0.3, -0.25) is 0 Å². The Labute approximate surface area is 81.9 Å². The highest BCUT2D eigenvalue weighted by atomic mass is 79.9. The quantitative estimate of drug-likeness (QED) is 0.848. The van der Waals surface area contributed by atoms with E-state index in [2.05, 4.69) is 15.9 Å². The lowest BCUT2D eigenvalue weighted by Gasteiger charge is -2.14. The van der Waals surface area contributed by atoms with E-state index in [-0.39, 0.29) is 0 Å². The number of phenolic OH excluding ortho intramolecular Hbond substituents is 1. The monoisotopic (exact) mass is 252 g/mol. The molecule has 0 aromatic heterocycles. The Morgan fingerprint density at radius 2 is 2.00 bits per heavy atom. The number of aliphatic hydroxyl groups excluding tert-OH is 1. The molecule has 0 radical (unpaired) electrons. The third-order valence-corrected chi connectivity index (χ3v) is 2.04. The zero-order valence-corrected chi connectivity index (χ0v) is 8.05. The van der Waals surface area contributed by atoms with Crippen LogP contribution in [0.5, 0.6) is 5.75 Å². The number of phenols is 1. The molecule has 0 saturated heterocycles. The average Bonchev–Trinajstić information content (AvgIpc) is 2.09. The highest BCUT2D eigenvalue weighted by Crippen LogP contribution is 2.35. The van der Waals surface area contributed by atoms with Gasteiger partial charge in [0.25, 0.3) is 5.92 Å². The van der Waals surface area contributed by atoms with E-state index in [1.807, 2.05) is 0 Å². The first-order chi connectivity index (χ1) is 5.97. The summed E-state index contributed by atoms with van der Waals surface area (Å²) in [7, 11) is 0. The molecule has 72 valence electrons. The molecule has 1 aromatic carbocycles. The first-order valence-electron chi connectivity index (χ1n) is 3.45. The molecule has 0 atom stereocenters. The number of benzene rings is 1. The molecule has 0 aliphatic heterocycles. The van der Waals surface area contributed by atoms with Crippen LogP contribution in [0, 0.1) is 0 Å². The number of aromatic hydroxyl groups is 1. The summed E-state index contributed by atoms with van der Waals surface area (Å²) in [5, 5.41) is 17.5. The van der Waals surface area contributed by atoms with E-state index in [0.717, 1.165) is 12.1 Å². The molecule has 5 heteroatoms. The molecule has 1 rings (SSSR count). The molecule has 0 heterocycles. The van der Waals surface area contributed by atoms with E-state index in [1.54, 1.807) is 0 Å². The molecule has 2 nitrogen and oxygen atoms in total. The number of rotatable bonds is 2. The zero-order valence-electron chi connectivity index (χ0n) is 6.47. The Kier molecular flexibility index (Phi) is 2.87. The minimum atomic E-state index is -3.41. The molecule has 1 aromatic rings. The van der Waals surface area contributed by atoms with Crippen molar-refractivity contribution in [1.29, 1.82) is 0 Å². The van der Waals surface area contributed by atoms with Crippen LogP contribution in [0.15, 0.2) is 22.7 Å². The second-order valence-corrected chi connectivity index (χ2v) is 3.44. The Morgan fingerprint density at radius 1 is 1.38 bits per heavy atom. The van der Waals surface area contributed by atoms with Gasteiger partial charge in [-0.25, -0.2) is 0 Å². The summed E-state index contributed by atoms with van der Waals surface area (Å²) in [6, 6.07) is 3.65. The minimum absolute atomic E-state index is 0.424. The van der Waals surface area contributed by atoms with Crippen molar-refractivity contribution in [1.82, 2.24) is 0 Å². The van der Waals surface area contributed by atoms with Gasteiger partial charge in [-0.2, -0.15) is 8.78 Å². The Hall–Kier alpha value is -0.680. The molecule has 0 aliphatic rings. The van der Waals surface area contributed by atoms with Crippen molar-refractivity contribution in [2.45, 2.75) is 5.92 Å². The third-order valence-electron chi connectivity index (χ3n) is 1.55. The predicted octanol–water partition coefficient (Wildman–Crippen LogP) is 2.24. The number of halogens is 3. The lowest BCUT2D eigenvalue weighted by Crippen LogP contribution is -2.18. The van der Waals surface area contributed by atoms with Gasteiger partial charge in [0.1, 0.15) is 12.4 Å². The molecule has 0 fully saturated rings. The van der Waals surface area contributed by atoms with Gasteiger partial charge in [0.15, 0.2) is 0 Å². The van der Waals surface area contributed by atoms with Crippen LogP contribution in [0.25, 0.3) is 0 Å². The van der Waals surface area contributed by atoms with Crippen molar-refractivity contribution in [3.05, 3.63) is 28.2 Å². The fourth-order valence-electron chi connectivity index (χ4n) is 0.886. The summed E-state index contributed by atoms with van der Waals surface area (Å²) < 4.78 is 26.2. The number of hydrogen-bond acceptors (Lipinski definition) is 2. The number of hydrogen-bond donors (Lipinski definition) is 2. The summed E-state index contributed by atoms with van der Waals surface area (Å²) in [5.41, 5.74) is -0.579. The molecule has 0 saturated carbocycles.